The number of piperazine rings is 1. The van der Waals surface area contributed by atoms with Crippen LogP contribution in [-0.2, 0) is 17.8 Å². The molecule has 0 spiro atoms. The van der Waals surface area contributed by atoms with Crippen LogP contribution in [0.5, 0.6) is 5.75 Å². The summed E-state index contributed by atoms with van der Waals surface area (Å²) in [5.74, 6) is 2.29. The first kappa shape index (κ1) is 26.7. The fourth-order valence-corrected chi connectivity index (χ4v) is 5.02. The van der Waals surface area contributed by atoms with E-state index < -0.39 is 0 Å². The van der Waals surface area contributed by atoms with Crippen molar-refractivity contribution >= 4 is 23.3 Å². The Kier molecular flexibility index (Phi) is 8.39. The number of aromatic nitrogens is 2. The van der Waals surface area contributed by atoms with Gasteiger partial charge >= 0.3 is 0 Å². The number of rotatable bonds is 8. The predicted octanol–water partition coefficient (Wildman–Crippen LogP) is 5.51. The molecule has 0 aliphatic carbocycles. The van der Waals surface area contributed by atoms with Gasteiger partial charge in [-0.3, -0.25) is 4.79 Å². The Bertz CT molecular complexity index is 1420. The lowest BCUT2D eigenvalue weighted by Gasteiger charge is -2.37. The highest BCUT2D eigenvalue weighted by Crippen LogP contribution is 2.30. The lowest BCUT2D eigenvalue weighted by Crippen LogP contribution is -2.49. The number of halogens is 1. The monoisotopic (exact) mass is 542 g/mol. The number of carbonyl (C=O) groups is 1. The second-order valence-electron chi connectivity index (χ2n) is 9.38. The maximum atomic E-state index is 13.2. The van der Waals surface area contributed by atoms with Crippen LogP contribution in [0.2, 0.25) is 5.02 Å². The molecule has 0 N–H and O–H groups in total. The summed E-state index contributed by atoms with van der Waals surface area (Å²) in [6, 6.07) is 25.2. The highest BCUT2D eigenvalue weighted by Gasteiger charge is 2.27. The third-order valence-corrected chi connectivity index (χ3v) is 7.22. The third-order valence-electron chi connectivity index (χ3n) is 6.89. The van der Waals surface area contributed by atoms with E-state index in [0.29, 0.717) is 55.6 Å². The number of anilines is 1. The minimum atomic E-state index is -0.0496. The lowest BCUT2D eigenvalue weighted by atomic mass is 10.0. The molecule has 4 aromatic rings. The SMILES string of the molecule is COCc1nc(-c2ccccc2)nc(N2CCN(C(=O)c3ccccc3Cl)CC2)c1Cc1ccc(OC)cc1. The molecule has 1 aliphatic rings. The van der Waals surface area contributed by atoms with Crippen LogP contribution in [0.3, 0.4) is 0 Å². The van der Waals surface area contributed by atoms with Crippen molar-refractivity contribution in [3.63, 3.8) is 0 Å². The van der Waals surface area contributed by atoms with Crippen molar-refractivity contribution in [2.24, 2.45) is 0 Å². The highest BCUT2D eigenvalue weighted by atomic mass is 35.5. The van der Waals surface area contributed by atoms with Crippen LogP contribution >= 0.6 is 11.6 Å². The topological polar surface area (TPSA) is 67.8 Å². The first-order valence-electron chi connectivity index (χ1n) is 12.9. The first-order valence-corrected chi connectivity index (χ1v) is 13.3. The number of hydrogen-bond acceptors (Lipinski definition) is 6. The van der Waals surface area contributed by atoms with Gasteiger partial charge in [0.25, 0.3) is 5.91 Å². The minimum Gasteiger partial charge on any atom is -0.497 e. The van der Waals surface area contributed by atoms with Gasteiger partial charge in [-0.1, -0.05) is 66.2 Å². The van der Waals surface area contributed by atoms with Crippen molar-refractivity contribution in [2.45, 2.75) is 13.0 Å². The zero-order valence-electron chi connectivity index (χ0n) is 22.1. The summed E-state index contributed by atoms with van der Waals surface area (Å²) in [5, 5.41) is 0.471. The molecule has 39 heavy (non-hydrogen) atoms. The second kappa shape index (κ2) is 12.3. The number of amides is 1. The molecule has 200 valence electrons. The average molecular weight is 543 g/mol. The van der Waals surface area contributed by atoms with E-state index in [1.165, 1.54) is 0 Å². The smallest absolute Gasteiger partial charge is 0.255 e. The molecule has 8 heteroatoms. The summed E-state index contributed by atoms with van der Waals surface area (Å²) in [5.41, 5.74) is 4.47. The molecule has 5 rings (SSSR count). The van der Waals surface area contributed by atoms with Gasteiger partial charge in [-0.15, -0.1) is 0 Å². The Morgan fingerprint density at radius 2 is 1.56 bits per heavy atom. The summed E-state index contributed by atoms with van der Waals surface area (Å²) >= 11 is 6.31. The third kappa shape index (κ3) is 6.05. The van der Waals surface area contributed by atoms with Gasteiger partial charge in [0.05, 0.1) is 30.0 Å². The van der Waals surface area contributed by atoms with Crippen LogP contribution in [0, 0.1) is 0 Å². The van der Waals surface area contributed by atoms with Gasteiger partial charge in [0.1, 0.15) is 11.6 Å². The number of hydrogen-bond donors (Lipinski definition) is 0. The largest absolute Gasteiger partial charge is 0.497 e. The molecule has 0 unspecified atom stereocenters. The van der Waals surface area contributed by atoms with E-state index in [1.54, 1.807) is 26.4 Å². The Hall–Kier alpha value is -3.94. The number of benzene rings is 3. The van der Waals surface area contributed by atoms with Gasteiger partial charge in [0.2, 0.25) is 0 Å². The molecular formula is C31H31ClN4O3. The van der Waals surface area contributed by atoms with Gasteiger partial charge < -0.3 is 19.3 Å². The molecule has 2 heterocycles. The molecule has 7 nitrogen and oxygen atoms in total. The standard InChI is InChI=1S/C31H31ClN4O3/c1-38-21-28-26(20-22-12-14-24(39-2)15-13-22)30(34-29(33-28)23-8-4-3-5-9-23)35-16-18-36(19-17-35)31(37)25-10-6-7-11-27(25)32/h3-15H,16-21H2,1-2H3. The number of ether oxygens (including phenoxy) is 2. The first-order chi connectivity index (χ1) is 19.1. The van der Waals surface area contributed by atoms with E-state index >= 15 is 0 Å². The molecular weight excluding hydrogens is 512 g/mol. The van der Waals surface area contributed by atoms with Crippen molar-refractivity contribution in [3.8, 4) is 17.1 Å². The summed E-state index contributed by atoms with van der Waals surface area (Å²) in [7, 11) is 3.34. The molecule has 1 aliphatic heterocycles. The van der Waals surface area contributed by atoms with E-state index in [0.717, 1.165) is 34.0 Å². The summed E-state index contributed by atoms with van der Waals surface area (Å²) < 4.78 is 10.9. The quantitative estimate of drug-likeness (QED) is 0.293. The lowest BCUT2D eigenvalue weighted by molar-refractivity contribution is 0.0746. The van der Waals surface area contributed by atoms with Crippen LogP contribution in [0.25, 0.3) is 11.4 Å². The Labute approximate surface area is 234 Å². The van der Waals surface area contributed by atoms with Crippen LogP contribution in [0.1, 0.15) is 27.2 Å². The van der Waals surface area contributed by atoms with Crippen LogP contribution in [0.4, 0.5) is 5.82 Å². The molecule has 1 saturated heterocycles. The Morgan fingerprint density at radius 1 is 0.872 bits per heavy atom. The van der Waals surface area contributed by atoms with Crippen molar-refractivity contribution < 1.29 is 14.3 Å². The van der Waals surface area contributed by atoms with E-state index in [-0.39, 0.29) is 5.91 Å². The average Bonchev–Trinajstić information content (AvgIpc) is 2.99. The summed E-state index contributed by atoms with van der Waals surface area (Å²) in [4.78, 5) is 27.3. The number of carbonyl (C=O) groups excluding carboxylic acids is 1. The molecule has 1 aromatic heterocycles. The van der Waals surface area contributed by atoms with Crippen molar-refractivity contribution in [3.05, 3.63) is 106 Å². The van der Waals surface area contributed by atoms with Crippen molar-refractivity contribution in [2.75, 3.05) is 45.3 Å². The number of nitrogens with zero attached hydrogens (tertiary/aromatic N) is 4. The normalized spacial score (nSPS) is 13.4. The molecule has 3 aromatic carbocycles. The zero-order valence-corrected chi connectivity index (χ0v) is 22.9. The highest BCUT2D eigenvalue weighted by molar-refractivity contribution is 6.33. The molecule has 0 saturated carbocycles. The fourth-order valence-electron chi connectivity index (χ4n) is 4.81. The van der Waals surface area contributed by atoms with Gasteiger partial charge in [-0.05, 0) is 29.8 Å². The van der Waals surface area contributed by atoms with Gasteiger partial charge in [0.15, 0.2) is 5.82 Å². The summed E-state index contributed by atoms with van der Waals surface area (Å²) in [6.45, 7) is 2.78. The van der Waals surface area contributed by atoms with E-state index in [4.69, 9.17) is 31.0 Å². The number of methoxy groups -OCH3 is 2. The Morgan fingerprint density at radius 3 is 2.23 bits per heavy atom. The van der Waals surface area contributed by atoms with E-state index in [9.17, 15) is 4.79 Å². The van der Waals surface area contributed by atoms with Gasteiger partial charge in [-0.2, -0.15) is 0 Å². The second-order valence-corrected chi connectivity index (χ2v) is 9.79. The molecule has 0 atom stereocenters. The molecule has 1 fully saturated rings. The Balaban J connectivity index is 1.48. The maximum absolute atomic E-state index is 13.2. The minimum absolute atomic E-state index is 0.0496. The fraction of sp³-hybridized carbons (Fsp3) is 0.258. The molecule has 0 bridgehead atoms. The molecule has 1 amide bonds. The van der Waals surface area contributed by atoms with E-state index in [1.807, 2.05) is 59.5 Å². The van der Waals surface area contributed by atoms with E-state index in [2.05, 4.69) is 17.0 Å². The maximum Gasteiger partial charge on any atom is 0.255 e. The van der Waals surface area contributed by atoms with Crippen LogP contribution < -0.4 is 9.64 Å². The van der Waals surface area contributed by atoms with Crippen molar-refractivity contribution in [1.82, 2.24) is 14.9 Å². The zero-order chi connectivity index (χ0) is 27.2. The van der Waals surface area contributed by atoms with Crippen LogP contribution in [0.15, 0.2) is 78.9 Å². The predicted molar refractivity (Wildman–Crippen MR) is 154 cm³/mol. The van der Waals surface area contributed by atoms with Crippen molar-refractivity contribution in [1.29, 1.82) is 0 Å². The van der Waals surface area contributed by atoms with Crippen LogP contribution in [-0.4, -0.2) is 61.2 Å². The van der Waals surface area contributed by atoms with Gasteiger partial charge in [-0.25, -0.2) is 9.97 Å². The van der Waals surface area contributed by atoms with Gasteiger partial charge in [0, 0.05) is 50.8 Å². The summed E-state index contributed by atoms with van der Waals surface area (Å²) in [6.07, 6.45) is 0.645. The molecule has 0 radical (unpaired) electrons.